The van der Waals surface area contributed by atoms with Gasteiger partial charge in [0.05, 0.1) is 12.5 Å². The van der Waals surface area contributed by atoms with Crippen molar-refractivity contribution in [3.05, 3.63) is 96.1 Å². The molecule has 1 N–H and O–H groups in total. The maximum Gasteiger partial charge on any atom is 0.308 e. The number of aliphatic carboxylic acids is 1. The van der Waals surface area contributed by atoms with Crippen LogP contribution in [0.1, 0.15) is 11.1 Å². The number of hydrogen-bond donors (Lipinski definition) is 1. The lowest BCUT2D eigenvalue weighted by Crippen LogP contribution is -2.33. The Morgan fingerprint density at radius 1 is 0.862 bits per heavy atom. The Morgan fingerprint density at radius 2 is 1.45 bits per heavy atom. The third-order valence-electron chi connectivity index (χ3n) is 4.65. The van der Waals surface area contributed by atoms with Crippen molar-refractivity contribution in [3.8, 4) is 11.1 Å². The third-order valence-corrected chi connectivity index (χ3v) is 4.65. The van der Waals surface area contributed by atoms with Crippen LogP contribution in [0.5, 0.6) is 0 Å². The summed E-state index contributed by atoms with van der Waals surface area (Å²) in [4.78, 5) is 28.5. The molecule has 1 atom stereocenters. The average Bonchev–Trinajstić information content (AvgIpc) is 2.77. The first-order chi connectivity index (χ1) is 14.2. The molecule has 0 saturated heterocycles. The van der Waals surface area contributed by atoms with E-state index in [1.807, 2.05) is 84.9 Å². The first-order valence-electron chi connectivity index (χ1n) is 9.41. The third kappa shape index (κ3) is 6.02. The second-order valence-corrected chi connectivity index (χ2v) is 6.77. The summed E-state index contributed by atoms with van der Waals surface area (Å²) in [7, 11) is 0. The Bertz CT molecular complexity index is 911. The normalized spacial score (nSPS) is 11.6. The van der Waals surface area contributed by atoms with Crippen molar-refractivity contribution in [2.75, 3.05) is 6.54 Å². The van der Waals surface area contributed by atoms with Gasteiger partial charge in [0.15, 0.2) is 0 Å². The largest absolute Gasteiger partial charge is 0.481 e. The fourth-order valence-corrected chi connectivity index (χ4v) is 3.05. The Balaban J connectivity index is 1.61. The monoisotopic (exact) mass is 389 g/mol. The van der Waals surface area contributed by atoms with E-state index in [0.29, 0.717) is 12.8 Å². The number of rotatable bonds is 10. The van der Waals surface area contributed by atoms with Crippen molar-refractivity contribution < 1.29 is 19.5 Å². The number of carbonyl (C=O) groups is 2. The van der Waals surface area contributed by atoms with E-state index in [0.717, 1.165) is 27.3 Å². The Hall–Kier alpha value is -3.44. The molecule has 1 amide bonds. The van der Waals surface area contributed by atoms with E-state index in [1.165, 1.54) is 0 Å². The smallest absolute Gasteiger partial charge is 0.308 e. The molecule has 3 aromatic rings. The molecule has 0 aliphatic rings. The molecule has 0 aromatic heterocycles. The molecular weight excluding hydrogens is 366 g/mol. The van der Waals surface area contributed by atoms with Gasteiger partial charge in [0.2, 0.25) is 6.41 Å². The first-order valence-corrected chi connectivity index (χ1v) is 9.41. The van der Waals surface area contributed by atoms with Gasteiger partial charge in [-0.05, 0) is 28.7 Å². The van der Waals surface area contributed by atoms with Gasteiger partial charge in [0, 0.05) is 0 Å². The van der Waals surface area contributed by atoms with Crippen molar-refractivity contribution in [3.63, 3.8) is 0 Å². The molecule has 0 spiro atoms. The molecule has 3 rings (SSSR count). The molecule has 0 bridgehead atoms. The highest BCUT2D eigenvalue weighted by Crippen LogP contribution is 2.21. The zero-order valence-electron chi connectivity index (χ0n) is 16.0. The zero-order valence-corrected chi connectivity index (χ0v) is 16.0. The SMILES string of the molecule is O=CN(CC(Cc1ccc(-c2ccccc2)cc1)C(=O)O)OCc1ccccc1. The molecule has 0 saturated carbocycles. The molecule has 1 unspecified atom stereocenters. The van der Waals surface area contributed by atoms with Gasteiger partial charge in [0.1, 0.15) is 6.61 Å². The first kappa shape index (κ1) is 20.3. The highest BCUT2D eigenvalue weighted by Gasteiger charge is 2.22. The standard InChI is InChI=1S/C24H23NO4/c26-18-25(29-17-20-7-3-1-4-8-20)16-23(24(27)28)15-19-11-13-22(14-12-19)21-9-5-2-6-10-21/h1-14,18,23H,15-17H2,(H,27,28). The number of nitrogens with zero attached hydrogens (tertiary/aromatic N) is 1. The summed E-state index contributed by atoms with van der Waals surface area (Å²) in [6, 6.07) is 27.2. The maximum absolute atomic E-state index is 11.7. The van der Waals surface area contributed by atoms with Crippen LogP contribution in [0, 0.1) is 5.92 Å². The van der Waals surface area contributed by atoms with Crippen molar-refractivity contribution in [2.24, 2.45) is 5.92 Å². The van der Waals surface area contributed by atoms with Crippen molar-refractivity contribution in [1.29, 1.82) is 0 Å². The molecule has 0 aliphatic carbocycles. The summed E-state index contributed by atoms with van der Waals surface area (Å²) in [6.07, 6.45) is 0.834. The summed E-state index contributed by atoms with van der Waals surface area (Å²) >= 11 is 0. The quantitative estimate of drug-likeness (QED) is 0.417. The van der Waals surface area contributed by atoms with E-state index in [-0.39, 0.29) is 13.2 Å². The lowest BCUT2D eigenvalue weighted by atomic mass is 9.97. The predicted molar refractivity (Wildman–Crippen MR) is 111 cm³/mol. The molecule has 29 heavy (non-hydrogen) atoms. The summed E-state index contributed by atoms with van der Waals surface area (Å²) < 4.78 is 0. The number of amides is 1. The molecule has 3 aromatic carbocycles. The van der Waals surface area contributed by atoms with Crippen LogP contribution in [0.4, 0.5) is 0 Å². The van der Waals surface area contributed by atoms with Crippen LogP contribution in [0.25, 0.3) is 11.1 Å². The van der Waals surface area contributed by atoms with Gasteiger partial charge in [-0.15, -0.1) is 0 Å². The van der Waals surface area contributed by atoms with E-state index in [2.05, 4.69) is 0 Å². The van der Waals surface area contributed by atoms with Gasteiger partial charge in [-0.25, -0.2) is 5.06 Å². The average molecular weight is 389 g/mol. The summed E-state index contributed by atoms with van der Waals surface area (Å²) in [5, 5.41) is 10.7. The molecule has 0 aliphatic heterocycles. The lowest BCUT2D eigenvalue weighted by Gasteiger charge is -2.21. The van der Waals surface area contributed by atoms with Crippen LogP contribution in [-0.4, -0.2) is 29.1 Å². The number of hydrogen-bond acceptors (Lipinski definition) is 3. The molecule has 0 fully saturated rings. The highest BCUT2D eigenvalue weighted by molar-refractivity contribution is 5.71. The highest BCUT2D eigenvalue weighted by atomic mass is 16.7. The minimum absolute atomic E-state index is 0.0217. The Labute approximate surface area is 170 Å². The summed E-state index contributed by atoms with van der Waals surface area (Å²) in [6.45, 7) is 0.184. The number of carboxylic acid groups (broad SMARTS) is 1. The van der Waals surface area contributed by atoms with Crippen molar-refractivity contribution in [2.45, 2.75) is 13.0 Å². The second-order valence-electron chi connectivity index (χ2n) is 6.77. The maximum atomic E-state index is 11.7. The van der Waals surface area contributed by atoms with Gasteiger partial charge in [-0.2, -0.15) is 0 Å². The number of hydroxylamine groups is 2. The van der Waals surface area contributed by atoms with Gasteiger partial charge < -0.3 is 5.11 Å². The van der Waals surface area contributed by atoms with Gasteiger partial charge in [0.25, 0.3) is 0 Å². The van der Waals surface area contributed by atoms with E-state index < -0.39 is 11.9 Å². The number of carboxylic acids is 1. The lowest BCUT2D eigenvalue weighted by molar-refractivity contribution is -0.183. The minimum Gasteiger partial charge on any atom is -0.481 e. The molecule has 0 heterocycles. The van der Waals surface area contributed by atoms with Crippen LogP contribution >= 0.6 is 0 Å². The predicted octanol–water partition coefficient (Wildman–Crippen LogP) is 4.19. The van der Waals surface area contributed by atoms with Crippen molar-refractivity contribution >= 4 is 12.4 Å². The summed E-state index contributed by atoms with van der Waals surface area (Å²) in [5.41, 5.74) is 3.98. The van der Waals surface area contributed by atoms with Gasteiger partial charge >= 0.3 is 5.97 Å². The molecule has 5 nitrogen and oxygen atoms in total. The van der Waals surface area contributed by atoms with Gasteiger partial charge in [-0.3, -0.25) is 14.4 Å². The number of benzene rings is 3. The van der Waals surface area contributed by atoms with Crippen LogP contribution in [-0.2, 0) is 27.5 Å². The van der Waals surface area contributed by atoms with E-state index in [1.54, 1.807) is 0 Å². The van der Waals surface area contributed by atoms with E-state index >= 15 is 0 Å². The Kier molecular flexibility index (Phi) is 7.14. The van der Waals surface area contributed by atoms with Crippen molar-refractivity contribution in [1.82, 2.24) is 5.06 Å². The van der Waals surface area contributed by atoms with Gasteiger partial charge in [-0.1, -0.05) is 84.9 Å². The van der Waals surface area contributed by atoms with Crippen LogP contribution in [0.2, 0.25) is 0 Å². The van der Waals surface area contributed by atoms with Crippen LogP contribution in [0.15, 0.2) is 84.9 Å². The minimum atomic E-state index is -0.965. The fraction of sp³-hybridized carbons (Fsp3) is 0.167. The second kappa shape index (κ2) is 10.2. The topological polar surface area (TPSA) is 66.8 Å². The molecule has 148 valence electrons. The number of carbonyl (C=O) groups excluding carboxylic acids is 1. The fourth-order valence-electron chi connectivity index (χ4n) is 3.05. The Morgan fingerprint density at radius 3 is 2.03 bits per heavy atom. The van der Waals surface area contributed by atoms with Crippen LogP contribution in [0.3, 0.4) is 0 Å². The molecular formula is C24H23NO4. The van der Waals surface area contributed by atoms with E-state index in [9.17, 15) is 14.7 Å². The molecule has 5 heteroatoms. The zero-order chi connectivity index (χ0) is 20.5. The van der Waals surface area contributed by atoms with Crippen LogP contribution < -0.4 is 0 Å². The summed E-state index contributed by atoms with van der Waals surface area (Å²) in [5.74, 6) is -1.73. The molecule has 0 radical (unpaired) electrons. The van der Waals surface area contributed by atoms with E-state index in [4.69, 9.17) is 4.84 Å².